The molecule has 2 aromatic rings. The van der Waals surface area contributed by atoms with Crippen LogP contribution in [0.1, 0.15) is 32.6 Å². The first-order valence-corrected chi connectivity index (χ1v) is 8.02. The molecule has 0 bridgehead atoms. The van der Waals surface area contributed by atoms with E-state index in [9.17, 15) is 5.11 Å². The van der Waals surface area contributed by atoms with Crippen LogP contribution < -0.4 is 11.1 Å². The Morgan fingerprint density at radius 3 is 2.90 bits per heavy atom. The number of hydrogen-bond acceptors (Lipinski definition) is 5. The quantitative estimate of drug-likeness (QED) is 0.759. The third kappa shape index (κ3) is 2.36. The van der Waals surface area contributed by atoms with E-state index >= 15 is 0 Å². The van der Waals surface area contributed by atoms with Crippen molar-refractivity contribution in [3.63, 3.8) is 0 Å². The van der Waals surface area contributed by atoms with Crippen LogP contribution in [-0.4, -0.2) is 22.2 Å². The number of nitrogens with two attached hydrogens (primary N) is 1. The zero-order valence-corrected chi connectivity index (χ0v) is 12.5. The van der Waals surface area contributed by atoms with Gasteiger partial charge < -0.3 is 16.2 Å². The highest BCUT2D eigenvalue weighted by Crippen LogP contribution is 2.37. The van der Waals surface area contributed by atoms with Gasteiger partial charge in [0.15, 0.2) is 0 Å². The second kappa shape index (κ2) is 5.22. The summed E-state index contributed by atoms with van der Waals surface area (Å²) in [7, 11) is 0. The van der Waals surface area contributed by atoms with E-state index in [2.05, 4.69) is 17.2 Å². The first kappa shape index (κ1) is 13.6. The van der Waals surface area contributed by atoms with E-state index in [-0.39, 0.29) is 12.1 Å². The molecule has 1 aromatic heterocycles. The Morgan fingerprint density at radius 1 is 1.45 bits per heavy atom. The summed E-state index contributed by atoms with van der Waals surface area (Å²) in [4.78, 5) is 4.32. The molecule has 1 aliphatic rings. The molecule has 4 nitrogen and oxygen atoms in total. The second-order valence-corrected chi connectivity index (χ2v) is 6.86. The number of nitrogens with one attached hydrogen (secondary N) is 1. The molecule has 0 atom stereocenters. The minimum Gasteiger partial charge on any atom is -0.395 e. The van der Waals surface area contributed by atoms with Crippen molar-refractivity contribution in [3.8, 4) is 0 Å². The van der Waals surface area contributed by atoms with E-state index in [1.165, 1.54) is 0 Å². The Bertz CT molecular complexity index is 602. The van der Waals surface area contributed by atoms with Crippen molar-refractivity contribution in [1.29, 1.82) is 0 Å². The lowest BCUT2D eigenvalue weighted by Crippen LogP contribution is -2.45. The van der Waals surface area contributed by atoms with Crippen LogP contribution in [0.25, 0.3) is 10.2 Å². The number of thiazole rings is 1. The third-order valence-corrected chi connectivity index (χ3v) is 5.27. The monoisotopic (exact) mass is 291 g/mol. The van der Waals surface area contributed by atoms with Crippen LogP contribution in [0.4, 0.5) is 11.4 Å². The molecular weight excluding hydrogens is 270 g/mol. The predicted molar refractivity (Wildman–Crippen MR) is 85.1 cm³/mol. The number of aliphatic hydroxyl groups is 1. The highest BCUT2D eigenvalue weighted by Gasteiger charge is 2.34. The van der Waals surface area contributed by atoms with Crippen LogP contribution in [0.5, 0.6) is 0 Å². The maximum atomic E-state index is 9.84. The number of nitrogens with zero attached hydrogens (tertiary/aromatic N) is 1. The van der Waals surface area contributed by atoms with E-state index in [4.69, 9.17) is 5.73 Å². The van der Waals surface area contributed by atoms with Gasteiger partial charge in [-0.3, -0.25) is 0 Å². The SMILES string of the molecule is CC1CCC(CO)(Nc2ccc3scnc3c2N)CC1. The molecule has 108 valence electrons. The molecular formula is C15H21N3OS. The number of anilines is 2. The summed E-state index contributed by atoms with van der Waals surface area (Å²) < 4.78 is 1.10. The van der Waals surface area contributed by atoms with E-state index in [0.717, 1.165) is 47.5 Å². The Morgan fingerprint density at radius 2 is 2.20 bits per heavy atom. The largest absolute Gasteiger partial charge is 0.395 e. The first-order chi connectivity index (χ1) is 9.63. The number of fused-ring (bicyclic) bond motifs is 1. The zero-order valence-electron chi connectivity index (χ0n) is 11.7. The van der Waals surface area contributed by atoms with E-state index in [1.807, 2.05) is 17.6 Å². The van der Waals surface area contributed by atoms with Gasteiger partial charge in [-0.05, 0) is 43.7 Å². The van der Waals surface area contributed by atoms with Crippen molar-refractivity contribution in [2.45, 2.75) is 38.1 Å². The molecule has 3 rings (SSSR count). The van der Waals surface area contributed by atoms with Crippen molar-refractivity contribution in [2.24, 2.45) is 5.92 Å². The van der Waals surface area contributed by atoms with Gasteiger partial charge in [0.1, 0.15) is 5.52 Å². The lowest BCUT2D eigenvalue weighted by Gasteiger charge is -2.39. The number of aromatic nitrogens is 1. The summed E-state index contributed by atoms with van der Waals surface area (Å²) in [6, 6.07) is 4.05. The van der Waals surface area contributed by atoms with Gasteiger partial charge in [-0.15, -0.1) is 11.3 Å². The van der Waals surface area contributed by atoms with Gasteiger partial charge in [-0.2, -0.15) is 0 Å². The summed E-state index contributed by atoms with van der Waals surface area (Å²) in [5.74, 6) is 0.745. The van der Waals surface area contributed by atoms with Gasteiger partial charge in [0.25, 0.3) is 0 Å². The summed E-state index contributed by atoms with van der Waals surface area (Å²) in [5.41, 5.74) is 10.2. The fraction of sp³-hybridized carbons (Fsp3) is 0.533. The van der Waals surface area contributed by atoms with Crippen LogP contribution in [0.15, 0.2) is 17.6 Å². The maximum Gasteiger partial charge on any atom is 0.106 e. The Balaban J connectivity index is 1.89. The number of rotatable bonds is 3. The summed E-state index contributed by atoms with van der Waals surface area (Å²) in [6.45, 7) is 2.42. The summed E-state index contributed by atoms with van der Waals surface area (Å²) in [6.07, 6.45) is 4.26. The minimum atomic E-state index is -0.232. The first-order valence-electron chi connectivity index (χ1n) is 7.14. The number of hydrogen-bond donors (Lipinski definition) is 3. The van der Waals surface area contributed by atoms with Crippen LogP contribution in [0.3, 0.4) is 0 Å². The summed E-state index contributed by atoms with van der Waals surface area (Å²) in [5, 5.41) is 13.3. The molecule has 20 heavy (non-hydrogen) atoms. The van der Waals surface area contributed by atoms with Gasteiger partial charge in [-0.1, -0.05) is 6.92 Å². The molecule has 0 unspecified atom stereocenters. The smallest absolute Gasteiger partial charge is 0.106 e. The molecule has 1 saturated carbocycles. The molecule has 1 aromatic carbocycles. The van der Waals surface area contributed by atoms with E-state index in [1.54, 1.807) is 11.3 Å². The van der Waals surface area contributed by atoms with Crippen LogP contribution in [0.2, 0.25) is 0 Å². The molecule has 0 spiro atoms. The minimum absolute atomic E-state index is 0.147. The highest BCUT2D eigenvalue weighted by atomic mass is 32.1. The molecule has 4 N–H and O–H groups in total. The predicted octanol–water partition coefficient (Wildman–Crippen LogP) is 3.23. The van der Waals surface area contributed by atoms with Gasteiger partial charge in [0.2, 0.25) is 0 Å². The molecule has 1 heterocycles. The zero-order chi connectivity index (χ0) is 14.2. The second-order valence-electron chi connectivity index (χ2n) is 5.97. The molecule has 5 heteroatoms. The topological polar surface area (TPSA) is 71.2 Å². The lowest BCUT2D eigenvalue weighted by atomic mass is 9.77. The standard InChI is InChI=1S/C15H21N3OS/c1-10-4-6-15(8-19,7-5-10)18-11-2-3-12-14(13(11)16)17-9-20-12/h2-3,9-10,18-19H,4-8,16H2,1H3. The Kier molecular flexibility index (Phi) is 3.56. The van der Waals surface area contributed by atoms with Gasteiger partial charge in [0.05, 0.1) is 33.7 Å². The van der Waals surface area contributed by atoms with Crippen molar-refractivity contribution < 1.29 is 5.11 Å². The fourth-order valence-electron chi connectivity index (χ4n) is 2.98. The molecule has 0 radical (unpaired) electrons. The molecule has 0 aliphatic heterocycles. The van der Waals surface area contributed by atoms with Crippen LogP contribution in [0, 0.1) is 5.92 Å². The Labute approximate surface area is 123 Å². The van der Waals surface area contributed by atoms with Crippen LogP contribution in [-0.2, 0) is 0 Å². The van der Waals surface area contributed by atoms with Crippen molar-refractivity contribution in [2.75, 3.05) is 17.7 Å². The van der Waals surface area contributed by atoms with Gasteiger partial charge >= 0.3 is 0 Å². The fourth-order valence-corrected chi connectivity index (χ4v) is 3.68. The van der Waals surface area contributed by atoms with Gasteiger partial charge in [-0.25, -0.2) is 4.98 Å². The highest BCUT2D eigenvalue weighted by molar-refractivity contribution is 7.16. The third-order valence-electron chi connectivity index (χ3n) is 4.48. The molecule has 0 amide bonds. The number of aliphatic hydroxyl groups excluding tert-OH is 1. The number of nitrogen functional groups attached to an aromatic ring is 1. The molecule has 0 saturated heterocycles. The van der Waals surface area contributed by atoms with E-state index in [0.29, 0.717) is 5.69 Å². The molecule has 1 aliphatic carbocycles. The van der Waals surface area contributed by atoms with Crippen molar-refractivity contribution in [3.05, 3.63) is 17.6 Å². The number of benzene rings is 1. The van der Waals surface area contributed by atoms with Crippen LogP contribution >= 0.6 is 11.3 Å². The average Bonchev–Trinajstić information content (AvgIpc) is 2.94. The van der Waals surface area contributed by atoms with Crippen molar-refractivity contribution >= 4 is 32.9 Å². The van der Waals surface area contributed by atoms with Crippen molar-refractivity contribution in [1.82, 2.24) is 4.98 Å². The maximum absolute atomic E-state index is 9.84. The molecule has 1 fully saturated rings. The lowest BCUT2D eigenvalue weighted by molar-refractivity contribution is 0.155. The van der Waals surface area contributed by atoms with E-state index < -0.39 is 0 Å². The van der Waals surface area contributed by atoms with Gasteiger partial charge in [0, 0.05) is 0 Å². The average molecular weight is 291 g/mol. The Hall–Kier alpha value is -1.33. The summed E-state index contributed by atoms with van der Waals surface area (Å²) >= 11 is 1.59. The normalized spacial score (nSPS) is 26.8.